The molecule has 4 rings (SSSR count). The maximum absolute atomic E-state index is 2.50. The van der Waals surface area contributed by atoms with Crippen LogP contribution in [0.25, 0.3) is 6.08 Å². The molecule has 4 aromatic rings. The van der Waals surface area contributed by atoms with E-state index in [0.717, 1.165) is 0 Å². The molecule has 0 radical (unpaired) electrons. The first-order valence-electron chi connectivity index (χ1n) is 9.72. The highest BCUT2D eigenvalue weighted by molar-refractivity contribution is 7.15. The molecule has 0 bridgehead atoms. The Hall–Kier alpha value is -3.16. The molecule has 0 heterocycles. The van der Waals surface area contributed by atoms with Crippen molar-refractivity contribution >= 4 is 29.7 Å². The van der Waals surface area contributed by atoms with E-state index in [1.165, 1.54) is 26.7 Å². The fourth-order valence-corrected chi connectivity index (χ4v) is 8.04. The summed E-state index contributed by atoms with van der Waals surface area (Å²) in [7, 11) is -2.31. The van der Waals surface area contributed by atoms with Crippen LogP contribution in [0.5, 0.6) is 0 Å². The molecule has 0 unspecified atom stereocenters. The topological polar surface area (TPSA) is 0 Å². The quantitative estimate of drug-likeness (QED) is 0.349. The van der Waals surface area contributed by atoms with Crippen LogP contribution in [0.4, 0.5) is 0 Å². The number of hydrogen-bond donors (Lipinski definition) is 0. The molecular formula is C27H24Si. The zero-order valence-corrected chi connectivity index (χ0v) is 17.1. The molecule has 0 nitrogen and oxygen atoms in total. The van der Waals surface area contributed by atoms with Crippen molar-refractivity contribution in [3.05, 3.63) is 132 Å². The first kappa shape index (κ1) is 18.2. The lowest BCUT2D eigenvalue weighted by Gasteiger charge is -2.30. The maximum atomic E-state index is 2.50. The van der Waals surface area contributed by atoms with E-state index in [1.807, 2.05) is 0 Å². The smallest absolute Gasteiger partial charge is 0.0812 e. The zero-order chi connectivity index (χ0) is 19.2. The van der Waals surface area contributed by atoms with Crippen LogP contribution in [0.1, 0.15) is 11.1 Å². The zero-order valence-electron chi connectivity index (χ0n) is 16.1. The summed E-state index contributed by atoms with van der Waals surface area (Å²) < 4.78 is 0. The van der Waals surface area contributed by atoms with Crippen molar-refractivity contribution in [3.8, 4) is 0 Å². The number of rotatable bonds is 5. The van der Waals surface area contributed by atoms with Crippen molar-refractivity contribution in [1.29, 1.82) is 0 Å². The molecule has 0 aromatic heterocycles. The Morgan fingerprint density at radius 1 is 0.500 bits per heavy atom. The molecule has 28 heavy (non-hydrogen) atoms. The van der Waals surface area contributed by atoms with Crippen LogP contribution < -0.4 is 15.6 Å². The second-order valence-corrected chi connectivity index (χ2v) is 10.8. The molecule has 0 saturated carbocycles. The lowest BCUT2D eigenvalue weighted by molar-refractivity contribution is 1.44. The van der Waals surface area contributed by atoms with Gasteiger partial charge in [-0.25, -0.2) is 0 Å². The van der Waals surface area contributed by atoms with Crippen LogP contribution in [0.3, 0.4) is 0 Å². The normalized spacial score (nSPS) is 11.6. The van der Waals surface area contributed by atoms with Gasteiger partial charge in [0.25, 0.3) is 0 Å². The average Bonchev–Trinajstić information content (AvgIpc) is 2.78. The molecule has 0 saturated heterocycles. The summed E-state index contributed by atoms with van der Waals surface area (Å²) in [6, 6.07) is 41.6. The van der Waals surface area contributed by atoms with Gasteiger partial charge in [-0.2, -0.15) is 0 Å². The SMILES string of the molecule is Cc1ccccc1/C=C/[Si](c1ccccc1)(c1ccccc1)c1ccccc1. The van der Waals surface area contributed by atoms with Crippen molar-refractivity contribution in [1.82, 2.24) is 0 Å². The Bertz CT molecular complexity index is 954. The number of aryl methyl sites for hydroxylation is 1. The van der Waals surface area contributed by atoms with Crippen molar-refractivity contribution in [2.45, 2.75) is 6.92 Å². The molecule has 0 aliphatic carbocycles. The molecule has 0 atom stereocenters. The van der Waals surface area contributed by atoms with Crippen LogP contribution >= 0.6 is 0 Å². The van der Waals surface area contributed by atoms with Gasteiger partial charge in [-0.3, -0.25) is 0 Å². The van der Waals surface area contributed by atoms with Crippen LogP contribution in [0.2, 0.25) is 0 Å². The summed E-state index contributed by atoms with van der Waals surface area (Å²) in [5, 5.41) is 4.20. The predicted octanol–water partition coefficient (Wildman–Crippen LogP) is 4.72. The largest absolute Gasteiger partial charge is 0.172 e. The molecule has 0 fully saturated rings. The third kappa shape index (κ3) is 3.49. The van der Waals surface area contributed by atoms with Crippen LogP contribution in [-0.2, 0) is 0 Å². The Kier molecular flexibility index (Phi) is 5.36. The van der Waals surface area contributed by atoms with E-state index < -0.39 is 8.07 Å². The Balaban J connectivity index is 2.00. The van der Waals surface area contributed by atoms with Gasteiger partial charge in [0.15, 0.2) is 8.07 Å². The molecule has 0 aliphatic rings. The predicted molar refractivity (Wildman–Crippen MR) is 124 cm³/mol. The van der Waals surface area contributed by atoms with E-state index >= 15 is 0 Å². The van der Waals surface area contributed by atoms with Gasteiger partial charge in [0, 0.05) is 0 Å². The van der Waals surface area contributed by atoms with E-state index in [0.29, 0.717) is 0 Å². The monoisotopic (exact) mass is 376 g/mol. The van der Waals surface area contributed by atoms with E-state index in [9.17, 15) is 0 Å². The highest BCUT2D eigenvalue weighted by Gasteiger charge is 2.36. The summed E-state index contributed by atoms with van der Waals surface area (Å²) in [6.07, 6.45) is 2.33. The summed E-state index contributed by atoms with van der Waals surface area (Å²) >= 11 is 0. The Morgan fingerprint density at radius 3 is 1.32 bits per heavy atom. The number of benzene rings is 4. The van der Waals surface area contributed by atoms with Gasteiger partial charge in [0.05, 0.1) is 0 Å². The summed E-state index contributed by atoms with van der Waals surface area (Å²) in [4.78, 5) is 0. The van der Waals surface area contributed by atoms with Gasteiger partial charge in [0.1, 0.15) is 0 Å². The minimum Gasteiger partial charge on any atom is -0.0812 e. The molecule has 0 amide bonds. The van der Waals surface area contributed by atoms with E-state index in [1.54, 1.807) is 0 Å². The second kappa shape index (κ2) is 8.24. The first-order valence-corrected chi connectivity index (χ1v) is 11.8. The van der Waals surface area contributed by atoms with Crippen LogP contribution in [-0.4, -0.2) is 8.07 Å². The lowest BCUT2D eigenvalue weighted by Crippen LogP contribution is -2.66. The summed E-state index contributed by atoms with van der Waals surface area (Å²) in [5.41, 5.74) is 5.08. The van der Waals surface area contributed by atoms with Gasteiger partial charge in [-0.05, 0) is 33.6 Å². The van der Waals surface area contributed by atoms with Crippen LogP contribution in [0, 0.1) is 6.92 Å². The fraction of sp³-hybridized carbons (Fsp3) is 0.0370. The van der Waals surface area contributed by atoms with Gasteiger partial charge >= 0.3 is 0 Å². The molecular weight excluding hydrogens is 352 g/mol. The summed E-state index contributed by atoms with van der Waals surface area (Å²) in [5.74, 6) is 0. The Morgan fingerprint density at radius 2 is 0.893 bits per heavy atom. The Labute approximate surface area is 168 Å². The third-order valence-electron chi connectivity index (χ3n) is 5.39. The lowest BCUT2D eigenvalue weighted by atomic mass is 10.1. The molecule has 136 valence electrons. The van der Waals surface area contributed by atoms with Gasteiger partial charge in [0.2, 0.25) is 0 Å². The second-order valence-electron chi connectivity index (χ2n) is 7.10. The molecule has 0 aliphatic heterocycles. The van der Waals surface area contributed by atoms with Gasteiger partial charge in [-0.15, -0.1) is 0 Å². The van der Waals surface area contributed by atoms with Gasteiger partial charge in [-0.1, -0.05) is 127 Å². The maximum Gasteiger partial charge on any atom is 0.172 e. The third-order valence-corrected chi connectivity index (χ3v) is 9.79. The fourth-order valence-electron chi connectivity index (χ4n) is 3.88. The molecule has 1 heteroatoms. The molecule has 0 spiro atoms. The van der Waals surface area contributed by atoms with E-state index in [2.05, 4.69) is 134 Å². The van der Waals surface area contributed by atoms with Crippen LogP contribution in [0.15, 0.2) is 121 Å². The molecule has 0 N–H and O–H groups in total. The van der Waals surface area contributed by atoms with Gasteiger partial charge < -0.3 is 0 Å². The van der Waals surface area contributed by atoms with Crippen molar-refractivity contribution in [2.24, 2.45) is 0 Å². The number of hydrogen-bond acceptors (Lipinski definition) is 0. The first-order chi connectivity index (χ1) is 13.8. The van der Waals surface area contributed by atoms with Crippen molar-refractivity contribution in [2.75, 3.05) is 0 Å². The standard InChI is InChI=1S/C27H24Si/c1-23-13-11-12-14-24(23)21-22-28(25-15-5-2-6-16-25,26-17-7-3-8-18-26)27-19-9-4-10-20-27/h2-22H,1H3/b22-21+. The van der Waals surface area contributed by atoms with E-state index in [-0.39, 0.29) is 0 Å². The highest BCUT2D eigenvalue weighted by Crippen LogP contribution is 2.14. The van der Waals surface area contributed by atoms with Crippen molar-refractivity contribution < 1.29 is 0 Å². The van der Waals surface area contributed by atoms with E-state index in [4.69, 9.17) is 0 Å². The minimum absolute atomic E-state index is 1.28. The summed E-state index contributed by atoms with van der Waals surface area (Å²) in [6.45, 7) is 2.18. The minimum atomic E-state index is -2.31. The molecule has 4 aromatic carbocycles. The highest BCUT2D eigenvalue weighted by atomic mass is 28.3. The average molecular weight is 377 g/mol. The van der Waals surface area contributed by atoms with Crippen molar-refractivity contribution in [3.63, 3.8) is 0 Å².